The Bertz CT molecular complexity index is 920. The Balaban J connectivity index is 0.000000146. The average Bonchev–Trinajstić information content (AvgIpc) is 3.32. The van der Waals surface area contributed by atoms with E-state index in [1.54, 1.807) is 43.2 Å². The summed E-state index contributed by atoms with van der Waals surface area (Å²) in [4.78, 5) is 7.87. The van der Waals surface area contributed by atoms with Crippen LogP contribution in [0.5, 0.6) is 11.5 Å². The van der Waals surface area contributed by atoms with E-state index < -0.39 is 0 Å². The molecule has 126 valence electrons. The Hall–Kier alpha value is -2.81. The van der Waals surface area contributed by atoms with E-state index >= 15 is 0 Å². The van der Waals surface area contributed by atoms with E-state index in [9.17, 15) is 5.11 Å². The molecule has 0 saturated heterocycles. The molecule has 0 aliphatic rings. The molecule has 4 aromatic rings. The summed E-state index contributed by atoms with van der Waals surface area (Å²) in [5.41, 5.74) is 1.99. The zero-order valence-corrected chi connectivity index (χ0v) is 15.2. The Morgan fingerprint density at radius 3 is 1.84 bits per heavy atom. The van der Waals surface area contributed by atoms with Crippen molar-refractivity contribution in [1.82, 2.24) is 19.1 Å². The van der Waals surface area contributed by atoms with Gasteiger partial charge in [0.05, 0.1) is 16.2 Å². The molecule has 7 heteroatoms. The SMILES string of the molecule is Oc1ccc(-n2ccnc2)cc1.Oc1ccc(-n2ccnc2)cc1I. The number of phenolic OH excluding ortho intramolecular Hbond substituents is 2. The summed E-state index contributed by atoms with van der Waals surface area (Å²) < 4.78 is 4.60. The average molecular weight is 446 g/mol. The van der Waals surface area contributed by atoms with Crippen molar-refractivity contribution in [3.63, 3.8) is 0 Å². The number of phenols is 2. The molecule has 2 heterocycles. The second-order valence-corrected chi connectivity index (χ2v) is 6.25. The normalized spacial score (nSPS) is 10.1. The fourth-order valence-corrected chi connectivity index (χ4v) is 2.60. The summed E-state index contributed by atoms with van der Waals surface area (Å²) in [6.07, 6.45) is 10.6. The third-order valence-corrected chi connectivity index (χ3v) is 4.25. The minimum absolute atomic E-state index is 0.277. The van der Waals surface area contributed by atoms with Crippen LogP contribution in [0.25, 0.3) is 11.4 Å². The zero-order chi connectivity index (χ0) is 17.6. The van der Waals surface area contributed by atoms with Crippen LogP contribution in [0, 0.1) is 3.57 Å². The molecular formula is C18H15IN4O2. The van der Waals surface area contributed by atoms with Crippen molar-refractivity contribution in [2.75, 3.05) is 0 Å². The molecule has 0 bridgehead atoms. The lowest BCUT2D eigenvalue weighted by molar-refractivity contribution is 0.471. The lowest BCUT2D eigenvalue weighted by Crippen LogP contribution is -1.89. The zero-order valence-electron chi connectivity index (χ0n) is 13.1. The minimum atomic E-state index is 0.277. The molecule has 2 aromatic heterocycles. The van der Waals surface area contributed by atoms with Crippen LogP contribution >= 0.6 is 22.6 Å². The van der Waals surface area contributed by atoms with E-state index in [4.69, 9.17) is 5.11 Å². The monoisotopic (exact) mass is 446 g/mol. The molecule has 6 nitrogen and oxygen atoms in total. The summed E-state index contributed by atoms with van der Waals surface area (Å²) >= 11 is 2.09. The fraction of sp³-hybridized carbons (Fsp3) is 0. The smallest absolute Gasteiger partial charge is 0.129 e. The molecule has 0 fully saturated rings. The Morgan fingerprint density at radius 2 is 1.32 bits per heavy atom. The first kappa shape index (κ1) is 17.0. The van der Waals surface area contributed by atoms with Crippen LogP contribution in [0.15, 0.2) is 79.9 Å². The predicted molar refractivity (Wildman–Crippen MR) is 103 cm³/mol. The Labute approximate surface area is 158 Å². The van der Waals surface area contributed by atoms with Crippen molar-refractivity contribution in [3.05, 3.63) is 83.5 Å². The van der Waals surface area contributed by atoms with Gasteiger partial charge in [-0.25, -0.2) is 9.97 Å². The standard InChI is InChI=1S/C9H7IN2O.C9H8N2O/c10-8-5-7(1-2-9(8)13)12-4-3-11-6-12;12-9-3-1-8(2-4-9)11-6-5-10-7-11/h1-6,13H;1-7,12H. The van der Waals surface area contributed by atoms with Crippen molar-refractivity contribution in [2.45, 2.75) is 0 Å². The maximum absolute atomic E-state index is 9.31. The molecule has 0 amide bonds. The van der Waals surface area contributed by atoms with Gasteiger partial charge in [-0.3, -0.25) is 0 Å². The highest BCUT2D eigenvalue weighted by atomic mass is 127. The lowest BCUT2D eigenvalue weighted by atomic mass is 10.3. The number of nitrogens with zero attached hydrogens (tertiary/aromatic N) is 4. The van der Waals surface area contributed by atoms with Crippen molar-refractivity contribution >= 4 is 22.6 Å². The van der Waals surface area contributed by atoms with Crippen molar-refractivity contribution in [2.24, 2.45) is 0 Å². The van der Waals surface area contributed by atoms with Gasteiger partial charge in [0.25, 0.3) is 0 Å². The highest BCUT2D eigenvalue weighted by Crippen LogP contribution is 2.21. The topological polar surface area (TPSA) is 76.1 Å². The van der Waals surface area contributed by atoms with Crippen LogP contribution in [0.2, 0.25) is 0 Å². The van der Waals surface area contributed by atoms with E-state index in [-0.39, 0.29) is 5.75 Å². The second kappa shape index (κ2) is 7.84. The predicted octanol–water partition coefficient (Wildman–Crippen LogP) is 3.76. The van der Waals surface area contributed by atoms with Crippen molar-refractivity contribution in [1.29, 1.82) is 0 Å². The van der Waals surface area contributed by atoms with Crippen LogP contribution in [0.3, 0.4) is 0 Å². The van der Waals surface area contributed by atoms with Gasteiger partial charge in [-0.15, -0.1) is 0 Å². The van der Waals surface area contributed by atoms with Gasteiger partial charge in [-0.1, -0.05) is 0 Å². The number of benzene rings is 2. The molecule has 0 spiro atoms. The van der Waals surface area contributed by atoms with Crippen LogP contribution in [-0.4, -0.2) is 29.3 Å². The second-order valence-electron chi connectivity index (χ2n) is 5.09. The fourth-order valence-electron chi connectivity index (χ4n) is 2.10. The van der Waals surface area contributed by atoms with E-state index in [2.05, 4.69) is 32.6 Å². The van der Waals surface area contributed by atoms with Gasteiger partial charge in [-0.2, -0.15) is 0 Å². The van der Waals surface area contributed by atoms with E-state index in [1.807, 2.05) is 45.8 Å². The summed E-state index contributed by atoms with van der Waals surface area (Å²) in [5.74, 6) is 0.586. The number of aromatic nitrogens is 4. The van der Waals surface area contributed by atoms with Gasteiger partial charge in [0.15, 0.2) is 0 Å². The number of hydrogen-bond donors (Lipinski definition) is 2. The summed E-state index contributed by atoms with van der Waals surface area (Å²) in [5, 5.41) is 18.3. The molecule has 4 rings (SSSR count). The maximum atomic E-state index is 9.31. The highest BCUT2D eigenvalue weighted by molar-refractivity contribution is 14.1. The van der Waals surface area contributed by atoms with Crippen LogP contribution < -0.4 is 0 Å². The van der Waals surface area contributed by atoms with Gasteiger partial charge >= 0.3 is 0 Å². The highest BCUT2D eigenvalue weighted by Gasteiger charge is 2.00. The number of aromatic hydroxyl groups is 2. The van der Waals surface area contributed by atoms with E-state index in [0.717, 1.165) is 14.9 Å². The first-order valence-electron chi connectivity index (χ1n) is 7.38. The molecular weight excluding hydrogens is 431 g/mol. The molecule has 0 atom stereocenters. The van der Waals surface area contributed by atoms with Gasteiger partial charge in [0.1, 0.15) is 11.5 Å². The van der Waals surface area contributed by atoms with Gasteiger partial charge < -0.3 is 19.3 Å². The number of rotatable bonds is 2. The maximum Gasteiger partial charge on any atom is 0.129 e. The lowest BCUT2D eigenvalue weighted by Gasteiger charge is -2.03. The van der Waals surface area contributed by atoms with Crippen molar-refractivity contribution < 1.29 is 10.2 Å². The minimum Gasteiger partial charge on any atom is -0.508 e. The van der Waals surface area contributed by atoms with E-state index in [1.165, 1.54) is 0 Å². The van der Waals surface area contributed by atoms with Crippen LogP contribution in [0.4, 0.5) is 0 Å². The first-order chi connectivity index (χ1) is 12.1. The van der Waals surface area contributed by atoms with Gasteiger partial charge in [0.2, 0.25) is 0 Å². The largest absolute Gasteiger partial charge is 0.508 e. The molecule has 2 aromatic carbocycles. The summed E-state index contributed by atoms with van der Waals surface area (Å²) in [7, 11) is 0. The van der Waals surface area contributed by atoms with Crippen molar-refractivity contribution in [3.8, 4) is 22.9 Å². The molecule has 0 saturated carbocycles. The van der Waals surface area contributed by atoms with Crippen LogP contribution in [-0.2, 0) is 0 Å². The van der Waals surface area contributed by atoms with Gasteiger partial charge in [-0.05, 0) is 65.1 Å². The summed E-state index contributed by atoms with van der Waals surface area (Å²) in [6.45, 7) is 0. The third kappa shape index (κ3) is 4.38. The van der Waals surface area contributed by atoms with Crippen LogP contribution in [0.1, 0.15) is 0 Å². The number of imidazole rings is 2. The van der Waals surface area contributed by atoms with Gasteiger partial charge in [0, 0.05) is 36.2 Å². The molecule has 0 unspecified atom stereocenters. The molecule has 0 aliphatic carbocycles. The summed E-state index contributed by atoms with van der Waals surface area (Å²) in [6, 6.07) is 12.4. The Morgan fingerprint density at radius 1 is 0.760 bits per heavy atom. The molecule has 0 radical (unpaired) electrons. The van der Waals surface area contributed by atoms with E-state index in [0.29, 0.717) is 5.75 Å². The first-order valence-corrected chi connectivity index (χ1v) is 8.45. The third-order valence-electron chi connectivity index (χ3n) is 3.39. The molecule has 25 heavy (non-hydrogen) atoms. The molecule has 0 aliphatic heterocycles. The Kier molecular flexibility index (Phi) is 5.34. The number of halogens is 1. The quantitative estimate of drug-likeness (QED) is 0.460. The number of hydrogen-bond acceptors (Lipinski definition) is 4. The molecule has 2 N–H and O–H groups in total.